The van der Waals surface area contributed by atoms with Gasteiger partial charge in [0.25, 0.3) is 5.88 Å². The summed E-state index contributed by atoms with van der Waals surface area (Å²) in [5, 5.41) is 9.46. The molecule has 0 saturated heterocycles. The molecule has 4 heteroatoms. The number of pyridine rings is 1. The highest BCUT2D eigenvalue weighted by atomic mass is 127. The minimum atomic E-state index is 0.128. The van der Waals surface area contributed by atoms with E-state index in [4.69, 9.17) is 4.74 Å². The molecule has 0 atom stereocenters. The second-order valence-corrected chi connectivity index (χ2v) is 3.49. The Morgan fingerprint density at radius 3 is 2.92 bits per heavy atom. The fourth-order valence-electron chi connectivity index (χ4n) is 0.837. The average Bonchev–Trinajstić information content (AvgIpc) is 2.00. The summed E-state index contributed by atoms with van der Waals surface area (Å²) in [5.74, 6) is 0.449. The first-order chi connectivity index (χ1) is 5.65. The van der Waals surface area contributed by atoms with Crippen LogP contribution >= 0.6 is 22.6 Å². The molecule has 0 aliphatic carbocycles. The van der Waals surface area contributed by atoms with Gasteiger partial charge in [-0.05, 0) is 42.5 Å². The van der Waals surface area contributed by atoms with Crippen LogP contribution in [0.15, 0.2) is 6.07 Å². The van der Waals surface area contributed by atoms with Crippen LogP contribution in [-0.2, 0) is 0 Å². The summed E-state index contributed by atoms with van der Waals surface area (Å²) in [5.41, 5.74) is 0.848. The van der Waals surface area contributed by atoms with Crippen LogP contribution in [0.3, 0.4) is 0 Å². The molecule has 0 radical (unpaired) electrons. The molecule has 3 nitrogen and oxygen atoms in total. The van der Waals surface area contributed by atoms with Crippen LogP contribution in [-0.4, -0.2) is 16.7 Å². The molecule has 0 spiro atoms. The molecular formula is C8H10INO2. The first-order valence-electron chi connectivity index (χ1n) is 3.64. The number of rotatable bonds is 2. The van der Waals surface area contributed by atoms with Crippen LogP contribution < -0.4 is 4.74 Å². The molecule has 1 heterocycles. The summed E-state index contributed by atoms with van der Waals surface area (Å²) in [6.45, 7) is 4.24. The molecule has 0 saturated carbocycles. The van der Waals surface area contributed by atoms with Crippen LogP contribution in [0, 0.1) is 10.5 Å². The van der Waals surface area contributed by atoms with E-state index in [0.717, 1.165) is 9.26 Å². The van der Waals surface area contributed by atoms with Crippen LogP contribution in [0.4, 0.5) is 0 Å². The van der Waals surface area contributed by atoms with Gasteiger partial charge < -0.3 is 9.84 Å². The van der Waals surface area contributed by atoms with E-state index in [0.29, 0.717) is 12.5 Å². The van der Waals surface area contributed by atoms with Crippen molar-refractivity contribution in [3.63, 3.8) is 0 Å². The minimum Gasteiger partial charge on any atom is -0.502 e. The quantitative estimate of drug-likeness (QED) is 0.843. The second-order valence-electron chi connectivity index (χ2n) is 2.33. The molecule has 1 rings (SSSR count). The first kappa shape index (κ1) is 9.57. The SMILES string of the molecule is CCOc1nc(C)cc(I)c1O. The van der Waals surface area contributed by atoms with Gasteiger partial charge in [-0.1, -0.05) is 0 Å². The van der Waals surface area contributed by atoms with Gasteiger partial charge in [0, 0.05) is 5.69 Å². The lowest BCUT2D eigenvalue weighted by atomic mass is 10.3. The second kappa shape index (κ2) is 3.93. The topological polar surface area (TPSA) is 42.4 Å². The Bertz CT molecular complexity index is 289. The normalized spacial score (nSPS) is 9.92. The number of hydrogen-bond donors (Lipinski definition) is 1. The zero-order valence-corrected chi connectivity index (χ0v) is 9.12. The van der Waals surface area contributed by atoms with Crippen molar-refractivity contribution in [2.24, 2.45) is 0 Å². The van der Waals surface area contributed by atoms with Crippen molar-refractivity contribution >= 4 is 22.6 Å². The Labute approximate surface area is 84.9 Å². The van der Waals surface area contributed by atoms with Gasteiger partial charge in [0.15, 0.2) is 5.75 Å². The maximum atomic E-state index is 9.46. The van der Waals surface area contributed by atoms with Crippen molar-refractivity contribution < 1.29 is 9.84 Å². The smallest absolute Gasteiger partial charge is 0.258 e. The third-order valence-corrected chi connectivity index (χ3v) is 2.15. The van der Waals surface area contributed by atoms with Crippen molar-refractivity contribution in [1.82, 2.24) is 4.98 Å². The van der Waals surface area contributed by atoms with E-state index in [1.165, 1.54) is 0 Å². The summed E-state index contributed by atoms with van der Waals surface area (Å²) in [7, 11) is 0. The maximum absolute atomic E-state index is 9.46. The molecule has 0 bridgehead atoms. The third kappa shape index (κ3) is 2.00. The van der Waals surface area contributed by atoms with Crippen LogP contribution in [0.5, 0.6) is 11.6 Å². The molecule has 0 aliphatic rings. The van der Waals surface area contributed by atoms with Gasteiger partial charge in [-0.15, -0.1) is 0 Å². The maximum Gasteiger partial charge on any atom is 0.258 e. The highest BCUT2D eigenvalue weighted by Crippen LogP contribution is 2.29. The van der Waals surface area contributed by atoms with Crippen LogP contribution in [0.25, 0.3) is 0 Å². The number of aromatic hydroxyl groups is 1. The van der Waals surface area contributed by atoms with E-state index in [1.54, 1.807) is 6.07 Å². The van der Waals surface area contributed by atoms with Gasteiger partial charge in [-0.3, -0.25) is 0 Å². The number of aromatic nitrogens is 1. The molecule has 0 aliphatic heterocycles. The molecule has 0 unspecified atom stereocenters. The predicted molar refractivity (Wildman–Crippen MR) is 54.5 cm³/mol. The molecule has 1 N–H and O–H groups in total. The fraction of sp³-hybridized carbons (Fsp3) is 0.375. The molecule has 0 aromatic carbocycles. The Morgan fingerprint density at radius 1 is 1.67 bits per heavy atom. The van der Waals surface area contributed by atoms with E-state index in [2.05, 4.69) is 4.98 Å². The molecule has 0 amide bonds. The summed E-state index contributed by atoms with van der Waals surface area (Å²) in [4.78, 5) is 4.05. The highest BCUT2D eigenvalue weighted by molar-refractivity contribution is 14.1. The van der Waals surface area contributed by atoms with Crippen molar-refractivity contribution in [3.8, 4) is 11.6 Å². The lowest BCUT2D eigenvalue weighted by molar-refractivity contribution is 0.303. The highest BCUT2D eigenvalue weighted by Gasteiger charge is 2.08. The third-order valence-electron chi connectivity index (χ3n) is 1.32. The Morgan fingerprint density at radius 2 is 2.33 bits per heavy atom. The lowest BCUT2D eigenvalue weighted by Gasteiger charge is -2.06. The Kier molecular flexibility index (Phi) is 3.13. The Hall–Kier alpha value is -0.520. The molecular weight excluding hydrogens is 269 g/mol. The van der Waals surface area contributed by atoms with Gasteiger partial charge in [-0.2, -0.15) is 0 Å². The molecule has 0 fully saturated rings. The molecule has 1 aromatic rings. The summed E-state index contributed by atoms with van der Waals surface area (Å²) < 4.78 is 5.90. The standard InChI is InChI=1S/C8H10INO2/c1-3-12-8-7(11)6(9)4-5(2)10-8/h4,11H,3H2,1-2H3. The van der Waals surface area contributed by atoms with Crippen molar-refractivity contribution in [3.05, 3.63) is 15.3 Å². The van der Waals surface area contributed by atoms with Crippen molar-refractivity contribution in [1.29, 1.82) is 0 Å². The van der Waals surface area contributed by atoms with E-state index >= 15 is 0 Å². The lowest BCUT2D eigenvalue weighted by Crippen LogP contribution is -1.97. The van der Waals surface area contributed by atoms with Gasteiger partial charge in [0.2, 0.25) is 0 Å². The van der Waals surface area contributed by atoms with Crippen LogP contribution in [0.2, 0.25) is 0 Å². The molecule has 12 heavy (non-hydrogen) atoms. The van der Waals surface area contributed by atoms with Gasteiger partial charge in [0.05, 0.1) is 10.2 Å². The summed E-state index contributed by atoms with van der Waals surface area (Å²) >= 11 is 2.05. The Balaban J connectivity index is 3.09. The fourth-order valence-corrected chi connectivity index (χ4v) is 1.52. The number of nitrogens with zero attached hydrogens (tertiary/aromatic N) is 1. The number of halogens is 1. The largest absolute Gasteiger partial charge is 0.502 e. The van der Waals surface area contributed by atoms with Crippen molar-refractivity contribution in [2.75, 3.05) is 6.61 Å². The average molecular weight is 279 g/mol. The van der Waals surface area contributed by atoms with Crippen LogP contribution in [0.1, 0.15) is 12.6 Å². The molecule has 1 aromatic heterocycles. The number of ether oxygens (including phenoxy) is 1. The predicted octanol–water partition coefficient (Wildman–Crippen LogP) is 2.10. The number of aryl methyl sites for hydroxylation is 1. The summed E-state index contributed by atoms with van der Waals surface area (Å²) in [6, 6.07) is 1.80. The van der Waals surface area contributed by atoms with E-state index < -0.39 is 0 Å². The first-order valence-corrected chi connectivity index (χ1v) is 4.72. The summed E-state index contributed by atoms with van der Waals surface area (Å²) in [6.07, 6.45) is 0. The monoisotopic (exact) mass is 279 g/mol. The van der Waals surface area contributed by atoms with E-state index in [1.807, 2.05) is 36.4 Å². The molecule has 66 valence electrons. The van der Waals surface area contributed by atoms with Crippen molar-refractivity contribution in [2.45, 2.75) is 13.8 Å². The zero-order chi connectivity index (χ0) is 9.14. The van der Waals surface area contributed by atoms with E-state index in [9.17, 15) is 5.11 Å². The van der Waals surface area contributed by atoms with Gasteiger partial charge in [-0.25, -0.2) is 4.98 Å². The van der Waals surface area contributed by atoms with E-state index in [-0.39, 0.29) is 5.75 Å². The zero-order valence-electron chi connectivity index (χ0n) is 6.97. The van der Waals surface area contributed by atoms with Gasteiger partial charge >= 0.3 is 0 Å². The number of hydrogen-bond acceptors (Lipinski definition) is 3. The minimum absolute atomic E-state index is 0.128. The van der Waals surface area contributed by atoms with Gasteiger partial charge in [0.1, 0.15) is 0 Å².